The Balaban J connectivity index is 0.00000121. The van der Waals surface area contributed by atoms with Crippen LogP contribution in [0.25, 0.3) is 0 Å². The van der Waals surface area contributed by atoms with Gasteiger partial charge in [0.05, 0.1) is 7.11 Å². The Morgan fingerprint density at radius 2 is 2.33 bits per heavy atom. The van der Waals surface area contributed by atoms with Gasteiger partial charge in [-0.3, -0.25) is 9.69 Å². The second-order valence-corrected chi connectivity index (χ2v) is 2.81. The molecule has 0 bridgehead atoms. The normalized spacial score (nSPS) is 23.3. The summed E-state index contributed by atoms with van der Waals surface area (Å²) >= 11 is 0. The maximum absolute atomic E-state index is 11.1. The first-order valence-electron chi connectivity index (χ1n) is 4.11. The van der Waals surface area contributed by atoms with Crippen LogP contribution < -0.4 is 0 Å². The maximum Gasteiger partial charge on any atom is 0.323 e. The highest BCUT2D eigenvalue weighted by Crippen LogP contribution is 2.17. The molecule has 3 nitrogen and oxygen atoms in total. The standard InChI is InChI=1S/C8H15NO2.ClH/c1-3-9-6-4-5-7(9)8(10)11-2;/h7H,3-6H2,1-2H3;1H/t7-;/m0./s1. The predicted molar refractivity (Wildman–Crippen MR) is 49.5 cm³/mol. The molecule has 0 N–H and O–H groups in total. The van der Waals surface area contributed by atoms with E-state index in [0.717, 1.165) is 25.9 Å². The number of carbonyl (C=O) groups is 1. The highest BCUT2D eigenvalue weighted by molar-refractivity contribution is 5.85. The van der Waals surface area contributed by atoms with Gasteiger partial charge in [-0.05, 0) is 25.9 Å². The minimum atomic E-state index is -0.0793. The number of nitrogens with zero attached hydrogens (tertiary/aromatic N) is 1. The molecule has 1 atom stereocenters. The van der Waals surface area contributed by atoms with Gasteiger partial charge in [0.25, 0.3) is 0 Å². The molecule has 12 heavy (non-hydrogen) atoms. The molecule has 0 aromatic heterocycles. The second kappa shape index (κ2) is 5.38. The zero-order valence-corrected chi connectivity index (χ0v) is 8.39. The lowest BCUT2D eigenvalue weighted by Crippen LogP contribution is -2.36. The Morgan fingerprint density at radius 1 is 1.67 bits per heavy atom. The van der Waals surface area contributed by atoms with E-state index in [-0.39, 0.29) is 24.4 Å². The summed E-state index contributed by atoms with van der Waals surface area (Å²) in [4.78, 5) is 13.3. The lowest BCUT2D eigenvalue weighted by Gasteiger charge is -2.19. The van der Waals surface area contributed by atoms with Crippen molar-refractivity contribution < 1.29 is 9.53 Å². The van der Waals surface area contributed by atoms with Crippen LogP contribution in [0.15, 0.2) is 0 Å². The molecule has 1 heterocycles. The summed E-state index contributed by atoms with van der Waals surface area (Å²) in [5.74, 6) is -0.0793. The number of methoxy groups -OCH3 is 1. The number of likely N-dealkylation sites (tertiary alicyclic amines) is 1. The summed E-state index contributed by atoms with van der Waals surface area (Å²) < 4.78 is 4.69. The predicted octanol–water partition coefficient (Wildman–Crippen LogP) is 1.07. The Hall–Kier alpha value is -0.280. The molecule has 0 spiro atoms. The summed E-state index contributed by atoms with van der Waals surface area (Å²) in [5, 5.41) is 0. The number of likely N-dealkylation sites (N-methyl/N-ethyl adjacent to an activating group) is 1. The lowest BCUT2D eigenvalue weighted by atomic mass is 10.2. The molecule has 0 radical (unpaired) electrons. The van der Waals surface area contributed by atoms with Crippen molar-refractivity contribution in [3.8, 4) is 0 Å². The zero-order chi connectivity index (χ0) is 8.27. The quantitative estimate of drug-likeness (QED) is 0.615. The average molecular weight is 194 g/mol. The minimum Gasteiger partial charge on any atom is -0.468 e. The van der Waals surface area contributed by atoms with E-state index in [2.05, 4.69) is 16.6 Å². The fourth-order valence-corrected chi connectivity index (χ4v) is 1.61. The Bertz CT molecular complexity index is 152. The number of esters is 1. The SMILES string of the molecule is CCN1CCC[C@H]1C(=O)OC.Cl. The highest BCUT2D eigenvalue weighted by atomic mass is 35.5. The van der Waals surface area contributed by atoms with E-state index in [1.54, 1.807) is 0 Å². The highest BCUT2D eigenvalue weighted by Gasteiger charge is 2.29. The zero-order valence-electron chi connectivity index (χ0n) is 7.58. The van der Waals surface area contributed by atoms with Crippen LogP contribution >= 0.6 is 12.4 Å². The van der Waals surface area contributed by atoms with Gasteiger partial charge < -0.3 is 4.74 Å². The molecule has 0 amide bonds. The van der Waals surface area contributed by atoms with E-state index in [1.165, 1.54) is 7.11 Å². The third kappa shape index (κ3) is 2.35. The first-order chi connectivity index (χ1) is 5.29. The van der Waals surface area contributed by atoms with E-state index in [9.17, 15) is 4.79 Å². The van der Waals surface area contributed by atoms with Gasteiger partial charge in [-0.1, -0.05) is 6.92 Å². The van der Waals surface area contributed by atoms with Gasteiger partial charge in [-0.2, -0.15) is 0 Å². The van der Waals surface area contributed by atoms with Gasteiger partial charge in [-0.25, -0.2) is 0 Å². The number of carbonyl (C=O) groups excluding carboxylic acids is 1. The Kier molecular flexibility index (Phi) is 5.25. The van der Waals surface area contributed by atoms with E-state index in [4.69, 9.17) is 0 Å². The largest absolute Gasteiger partial charge is 0.468 e. The van der Waals surface area contributed by atoms with Crippen molar-refractivity contribution in [3.05, 3.63) is 0 Å². The van der Waals surface area contributed by atoms with Crippen LogP contribution in [0, 0.1) is 0 Å². The molecule has 0 aromatic carbocycles. The van der Waals surface area contributed by atoms with Crippen molar-refractivity contribution >= 4 is 18.4 Å². The fourth-order valence-electron chi connectivity index (χ4n) is 1.61. The molecule has 1 rings (SSSR count). The van der Waals surface area contributed by atoms with Crippen molar-refractivity contribution in [2.24, 2.45) is 0 Å². The molecule has 0 aliphatic carbocycles. The first-order valence-corrected chi connectivity index (χ1v) is 4.11. The third-order valence-corrected chi connectivity index (χ3v) is 2.24. The van der Waals surface area contributed by atoms with Crippen LogP contribution in [0.4, 0.5) is 0 Å². The molecule has 1 aliphatic rings. The van der Waals surface area contributed by atoms with Gasteiger partial charge >= 0.3 is 5.97 Å². The summed E-state index contributed by atoms with van der Waals surface area (Å²) in [6.45, 7) is 4.05. The smallest absolute Gasteiger partial charge is 0.323 e. The van der Waals surface area contributed by atoms with E-state index in [1.807, 2.05) is 0 Å². The van der Waals surface area contributed by atoms with Crippen LogP contribution in [0.1, 0.15) is 19.8 Å². The van der Waals surface area contributed by atoms with Crippen LogP contribution in [-0.2, 0) is 9.53 Å². The van der Waals surface area contributed by atoms with Crippen molar-refractivity contribution in [1.29, 1.82) is 0 Å². The summed E-state index contributed by atoms with van der Waals surface area (Å²) in [6.07, 6.45) is 2.08. The fraction of sp³-hybridized carbons (Fsp3) is 0.875. The molecule has 1 saturated heterocycles. The van der Waals surface area contributed by atoms with Crippen molar-refractivity contribution in [1.82, 2.24) is 4.90 Å². The molecule has 72 valence electrons. The van der Waals surface area contributed by atoms with Crippen LogP contribution in [0.3, 0.4) is 0 Å². The van der Waals surface area contributed by atoms with Gasteiger partial charge in [0.15, 0.2) is 0 Å². The van der Waals surface area contributed by atoms with Crippen molar-refractivity contribution in [2.75, 3.05) is 20.2 Å². The Morgan fingerprint density at radius 3 is 2.83 bits per heavy atom. The lowest BCUT2D eigenvalue weighted by molar-refractivity contribution is -0.145. The molecular formula is C8H16ClNO2. The number of rotatable bonds is 2. The number of hydrogen-bond acceptors (Lipinski definition) is 3. The van der Waals surface area contributed by atoms with E-state index in [0.29, 0.717) is 0 Å². The second-order valence-electron chi connectivity index (χ2n) is 2.81. The summed E-state index contributed by atoms with van der Waals surface area (Å²) in [6, 6.07) is 0.0324. The van der Waals surface area contributed by atoms with Gasteiger partial charge in [-0.15, -0.1) is 12.4 Å². The summed E-state index contributed by atoms with van der Waals surface area (Å²) in [7, 11) is 1.45. The molecule has 1 aliphatic heterocycles. The first kappa shape index (κ1) is 11.7. The van der Waals surface area contributed by atoms with Crippen LogP contribution in [0.5, 0.6) is 0 Å². The molecule has 4 heteroatoms. The van der Waals surface area contributed by atoms with Crippen LogP contribution in [-0.4, -0.2) is 37.1 Å². The van der Waals surface area contributed by atoms with Gasteiger partial charge in [0.1, 0.15) is 6.04 Å². The number of ether oxygens (including phenoxy) is 1. The van der Waals surface area contributed by atoms with Crippen LogP contribution in [0.2, 0.25) is 0 Å². The average Bonchev–Trinajstić information content (AvgIpc) is 2.50. The molecule has 0 aromatic rings. The topological polar surface area (TPSA) is 29.5 Å². The van der Waals surface area contributed by atoms with Crippen molar-refractivity contribution in [2.45, 2.75) is 25.8 Å². The maximum atomic E-state index is 11.1. The minimum absolute atomic E-state index is 0. The van der Waals surface area contributed by atoms with Gasteiger partial charge in [0.2, 0.25) is 0 Å². The number of hydrogen-bond donors (Lipinski definition) is 0. The number of halogens is 1. The molecule has 0 saturated carbocycles. The molecule has 0 unspecified atom stereocenters. The van der Waals surface area contributed by atoms with Crippen molar-refractivity contribution in [3.63, 3.8) is 0 Å². The molecular weight excluding hydrogens is 178 g/mol. The molecule has 1 fully saturated rings. The summed E-state index contributed by atoms with van der Waals surface area (Å²) in [5.41, 5.74) is 0. The Labute approximate surface area is 79.5 Å². The van der Waals surface area contributed by atoms with E-state index >= 15 is 0 Å². The monoisotopic (exact) mass is 193 g/mol. The van der Waals surface area contributed by atoms with E-state index < -0.39 is 0 Å². The van der Waals surface area contributed by atoms with Gasteiger partial charge in [0, 0.05) is 0 Å². The third-order valence-electron chi connectivity index (χ3n) is 2.24.